The van der Waals surface area contributed by atoms with Crippen LogP contribution in [0.1, 0.15) is 42.8 Å². The maximum Gasteiger partial charge on any atom is 0.315 e. The molecule has 0 saturated carbocycles. The van der Waals surface area contributed by atoms with Crippen LogP contribution in [-0.4, -0.2) is 51.2 Å². The number of aromatic nitrogens is 3. The highest BCUT2D eigenvalue weighted by atomic mass is 16.2. The summed E-state index contributed by atoms with van der Waals surface area (Å²) in [6.45, 7) is 6.56. The van der Waals surface area contributed by atoms with Crippen LogP contribution in [0.4, 0.5) is 4.79 Å². The van der Waals surface area contributed by atoms with Crippen LogP contribution in [0.5, 0.6) is 0 Å². The van der Waals surface area contributed by atoms with Gasteiger partial charge >= 0.3 is 6.03 Å². The summed E-state index contributed by atoms with van der Waals surface area (Å²) in [5.74, 6) is 0.913. The first kappa shape index (κ1) is 19.4. The van der Waals surface area contributed by atoms with E-state index in [0.29, 0.717) is 26.1 Å². The standard InChI is InChI=1S/C21H28N6O2/c1-3-22-20(29)25-18-19-23-14-24-27(19)11-9-21(18)8-10-26(13-21)17(28)12-16-7-5-4-6-15(16)2/h4-7,14,18H,3,8-13H2,1-2H3,(H2,22,25,29)/t18-,21-/m1/s1. The smallest absolute Gasteiger partial charge is 0.315 e. The molecule has 2 atom stereocenters. The van der Waals surface area contributed by atoms with Gasteiger partial charge in [0.05, 0.1) is 12.5 Å². The fourth-order valence-electron chi connectivity index (χ4n) is 4.61. The molecule has 2 aliphatic rings. The number of nitrogens with one attached hydrogen (secondary N) is 2. The molecule has 0 unspecified atom stereocenters. The van der Waals surface area contributed by atoms with Gasteiger partial charge in [-0.15, -0.1) is 0 Å². The third-order valence-electron chi connectivity index (χ3n) is 6.29. The number of hydrogen-bond donors (Lipinski definition) is 2. The predicted molar refractivity (Wildman–Crippen MR) is 108 cm³/mol. The van der Waals surface area contributed by atoms with Crippen molar-refractivity contribution < 1.29 is 9.59 Å². The van der Waals surface area contributed by atoms with Crippen molar-refractivity contribution in [1.29, 1.82) is 0 Å². The van der Waals surface area contributed by atoms with Gasteiger partial charge in [-0.3, -0.25) is 4.79 Å². The van der Waals surface area contributed by atoms with E-state index in [1.54, 1.807) is 0 Å². The van der Waals surface area contributed by atoms with E-state index in [4.69, 9.17) is 0 Å². The van der Waals surface area contributed by atoms with Crippen molar-refractivity contribution in [2.75, 3.05) is 19.6 Å². The highest BCUT2D eigenvalue weighted by Gasteiger charge is 2.50. The molecule has 1 aromatic heterocycles. The molecular weight excluding hydrogens is 368 g/mol. The maximum atomic E-state index is 13.0. The number of amides is 3. The minimum Gasteiger partial charge on any atom is -0.342 e. The van der Waals surface area contributed by atoms with Crippen LogP contribution in [0.3, 0.4) is 0 Å². The molecule has 2 N–H and O–H groups in total. The summed E-state index contributed by atoms with van der Waals surface area (Å²) in [5.41, 5.74) is 1.99. The van der Waals surface area contributed by atoms with E-state index in [1.165, 1.54) is 6.33 Å². The average Bonchev–Trinajstić information content (AvgIpc) is 3.34. The average molecular weight is 396 g/mol. The van der Waals surface area contributed by atoms with Crippen molar-refractivity contribution in [3.05, 3.63) is 47.5 Å². The zero-order valence-corrected chi connectivity index (χ0v) is 17.0. The zero-order valence-electron chi connectivity index (χ0n) is 17.0. The largest absolute Gasteiger partial charge is 0.342 e. The van der Waals surface area contributed by atoms with Crippen LogP contribution in [0.2, 0.25) is 0 Å². The summed E-state index contributed by atoms with van der Waals surface area (Å²) in [7, 11) is 0. The van der Waals surface area contributed by atoms with E-state index >= 15 is 0 Å². The van der Waals surface area contributed by atoms with Gasteiger partial charge in [0.25, 0.3) is 0 Å². The molecule has 4 rings (SSSR count). The molecule has 1 fully saturated rings. The number of fused-ring (bicyclic) bond motifs is 1. The third kappa shape index (κ3) is 3.71. The lowest BCUT2D eigenvalue weighted by atomic mass is 9.74. The van der Waals surface area contributed by atoms with Gasteiger partial charge in [-0.05, 0) is 37.8 Å². The number of rotatable bonds is 4. The van der Waals surface area contributed by atoms with E-state index in [-0.39, 0.29) is 23.4 Å². The van der Waals surface area contributed by atoms with Crippen LogP contribution in [0, 0.1) is 12.3 Å². The molecule has 8 nitrogen and oxygen atoms in total. The van der Waals surface area contributed by atoms with Gasteiger partial charge in [0.15, 0.2) is 0 Å². The maximum absolute atomic E-state index is 13.0. The van der Waals surface area contributed by atoms with Gasteiger partial charge < -0.3 is 15.5 Å². The molecule has 29 heavy (non-hydrogen) atoms. The Kier molecular flexibility index (Phi) is 5.25. The van der Waals surface area contributed by atoms with Crippen LogP contribution in [0.15, 0.2) is 30.6 Å². The highest BCUT2D eigenvalue weighted by Crippen LogP contribution is 2.47. The molecule has 0 bridgehead atoms. The summed E-state index contributed by atoms with van der Waals surface area (Å²) in [6, 6.07) is 7.54. The number of carbonyl (C=O) groups is 2. The molecule has 8 heteroatoms. The monoisotopic (exact) mass is 396 g/mol. The van der Waals surface area contributed by atoms with Crippen molar-refractivity contribution in [3.8, 4) is 0 Å². The topological polar surface area (TPSA) is 92.2 Å². The number of aryl methyl sites for hydroxylation is 2. The molecule has 1 aromatic carbocycles. The van der Waals surface area contributed by atoms with Crippen LogP contribution < -0.4 is 10.6 Å². The molecule has 3 heterocycles. The van der Waals surface area contributed by atoms with Crippen molar-refractivity contribution in [1.82, 2.24) is 30.3 Å². The molecule has 0 radical (unpaired) electrons. The minimum absolute atomic E-state index is 0.139. The van der Waals surface area contributed by atoms with Crippen molar-refractivity contribution >= 4 is 11.9 Å². The number of carbonyl (C=O) groups excluding carboxylic acids is 2. The summed E-state index contributed by atoms with van der Waals surface area (Å²) in [5, 5.41) is 10.2. The minimum atomic E-state index is -0.262. The fraction of sp³-hybridized carbons (Fsp3) is 0.524. The second kappa shape index (κ2) is 7.85. The number of nitrogens with zero attached hydrogens (tertiary/aromatic N) is 4. The predicted octanol–water partition coefficient (Wildman–Crippen LogP) is 1.81. The summed E-state index contributed by atoms with van der Waals surface area (Å²) in [6.07, 6.45) is 3.65. The zero-order chi connectivity index (χ0) is 20.4. The molecular formula is C21H28N6O2. The third-order valence-corrected chi connectivity index (χ3v) is 6.29. The molecule has 2 aromatic rings. The van der Waals surface area contributed by atoms with Gasteiger partial charge in [0.2, 0.25) is 5.91 Å². The Balaban J connectivity index is 1.53. The Morgan fingerprint density at radius 3 is 2.83 bits per heavy atom. The lowest BCUT2D eigenvalue weighted by Gasteiger charge is -2.40. The Labute approximate surface area is 170 Å². The lowest BCUT2D eigenvalue weighted by molar-refractivity contribution is -0.130. The molecule has 1 saturated heterocycles. The van der Waals surface area contributed by atoms with Crippen LogP contribution in [-0.2, 0) is 17.8 Å². The van der Waals surface area contributed by atoms with Gasteiger partial charge in [-0.2, -0.15) is 5.10 Å². The Morgan fingerprint density at radius 2 is 2.03 bits per heavy atom. The second-order valence-corrected chi connectivity index (χ2v) is 8.06. The van der Waals surface area contributed by atoms with Crippen LogP contribution in [0.25, 0.3) is 0 Å². The molecule has 3 amide bonds. The summed E-state index contributed by atoms with van der Waals surface area (Å²) >= 11 is 0. The molecule has 2 aliphatic heterocycles. The van der Waals surface area contributed by atoms with E-state index in [9.17, 15) is 9.59 Å². The van der Waals surface area contributed by atoms with E-state index in [0.717, 1.165) is 36.3 Å². The van der Waals surface area contributed by atoms with E-state index in [1.807, 2.05) is 47.7 Å². The Bertz CT molecular complexity index is 910. The van der Waals surface area contributed by atoms with Crippen molar-refractivity contribution in [3.63, 3.8) is 0 Å². The number of likely N-dealkylation sites (tertiary alicyclic amines) is 1. The first-order chi connectivity index (χ1) is 14.0. The Morgan fingerprint density at radius 1 is 1.24 bits per heavy atom. The normalized spacial score (nSPS) is 23.1. The SMILES string of the molecule is CCNC(=O)N[C@@H]1c2ncnn2CC[C@@]12CCN(C(=O)Cc1ccccc1C)C2. The molecule has 1 spiro atoms. The summed E-state index contributed by atoms with van der Waals surface area (Å²) in [4.78, 5) is 31.7. The highest BCUT2D eigenvalue weighted by molar-refractivity contribution is 5.79. The second-order valence-electron chi connectivity index (χ2n) is 8.06. The lowest BCUT2D eigenvalue weighted by Crippen LogP contribution is -2.50. The van der Waals surface area contributed by atoms with Crippen LogP contribution >= 0.6 is 0 Å². The fourth-order valence-corrected chi connectivity index (χ4v) is 4.61. The first-order valence-electron chi connectivity index (χ1n) is 10.3. The number of benzene rings is 1. The van der Waals surface area contributed by atoms with Gasteiger partial charge in [0, 0.05) is 31.6 Å². The number of urea groups is 1. The van der Waals surface area contributed by atoms with Gasteiger partial charge in [-0.25, -0.2) is 14.5 Å². The van der Waals surface area contributed by atoms with Crippen molar-refractivity contribution in [2.45, 2.75) is 45.7 Å². The van der Waals surface area contributed by atoms with Crippen molar-refractivity contribution in [2.24, 2.45) is 5.41 Å². The van der Waals surface area contributed by atoms with E-state index in [2.05, 4.69) is 20.7 Å². The van der Waals surface area contributed by atoms with Gasteiger partial charge in [0.1, 0.15) is 12.2 Å². The van der Waals surface area contributed by atoms with Gasteiger partial charge in [-0.1, -0.05) is 24.3 Å². The summed E-state index contributed by atoms with van der Waals surface area (Å²) < 4.78 is 1.86. The molecule has 0 aliphatic carbocycles. The first-order valence-corrected chi connectivity index (χ1v) is 10.3. The molecule has 154 valence electrons. The Hall–Kier alpha value is -2.90. The van der Waals surface area contributed by atoms with E-state index < -0.39 is 0 Å². The quantitative estimate of drug-likeness (QED) is 0.824. The number of hydrogen-bond acceptors (Lipinski definition) is 4.